The first kappa shape index (κ1) is 14.5. The molecule has 0 fully saturated rings. The van der Waals surface area contributed by atoms with Gasteiger partial charge in [-0.15, -0.1) is 0 Å². The summed E-state index contributed by atoms with van der Waals surface area (Å²) in [6.45, 7) is 3.64. The number of nitrogens with one attached hydrogen (secondary N) is 2. The van der Waals surface area contributed by atoms with Crippen molar-refractivity contribution in [2.24, 2.45) is 0 Å². The Morgan fingerprint density at radius 1 is 1.33 bits per heavy atom. The third kappa shape index (κ3) is 5.65. The van der Waals surface area contributed by atoms with Gasteiger partial charge in [0.1, 0.15) is 0 Å². The molecule has 0 heterocycles. The van der Waals surface area contributed by atoms with Gasteiger partial charge in [0.15, 0.2) is 0 Å². The number of alkyl carbamates (subject to hydrolysis) is 1. The number of hydrogen-bond acceptors (Lipinski definition) is 4. The number of carbonyl (C=O) groups is 1. The lowest BCUT2D eigenvalue weighted by molar-refractivity contribution is 0.151. The minimum Gasteiger partial charge on any atom is -0.450 e. The van der Waals surface area contributed by atoms with E-state index in [2.05, 4.69) is 10.6 Å². The fourth-order valence-electron chi connectivity index (χ4n) is 1.47. The van der Waals surface area contributed by atoms with Crippen LogP contribution in [0.25, 0.3) is 0 Å². The van der Waals surface area contributed by atoms with Crippen molar-refractivity contribution in [1.29, 1.82) is 0 Å². The van der Waals surface area contributed by atoms with Crippen LogP contribution >= 0.6 is 0 Å². The SMILES string of the molecule is CCOC(=O)NCCNC[C@@H](O)c1ccccc1. The van der Waals surface area contributed by atoms with Crippen LogP contribution in [-0.2, 0) is 4.74 Å². The number of rotatable bonds is 7. The van der Waals surface area contributed by atoms with Gasteiger partial charge < -0.3 is 20.5 Å². The highest BCUT2D eigenvalue weighted by Crippen LogP contribution is 2.09. The van der Waals surface area contributed by atoms with Crippen LogP contribution in [0.15, 0.2) is 30.3 Å². The van der Waals surface area contributed by atoms with Crippen molar-refractivity contribution < 1.29 is 14.6 Å². The Morgan fingerprint density at radius 3 is 2.72 bits per heavy atom. The lowest BCUT2D eigenvalue weighted by atomic mass is 10.1. The molecular formula is C13H20N2O3. The fraction of sp³-hybridized carbons (Fsp3) is 0.462. The van der Waals surface area contributed by atoms with Gasteiger partial charge in [-0.05, 0) is 12.5 Å². The molecule has 100 valence electrons. The third-order valence-corrected chi connectivity index (χ3v) is 2.37. The molecule has 5 nitrogen and oxygen atoms in total. The van der Waals surface area contributed by atoms with Crippen LogP contribution < -0.4 is 10.6 Å². The van der Waals surface area contributed by atoms with Gasteiger partial charge >= 0.3 is 6.09 Å². The molecule has 18 heavy (non-hydrogen) atoms. The highest BCUT2D eigenvalue weighted by atomic mass is 16.5. The second kappa shape index (κ2) is 8.49. The Kier molecular flexibility index (Phi) is 6.83. The Balaban J connectivity index is 2.09. The summed E-state index contributed by atoms with van der Waals surface area (Å²) >= 11 is 0. The molecule has 1 aromatic carbocycles. The molecule has 0 aliphatic carbocycles. The van der Waals surface area contributed by atoms with Crippen LogP contribution in [0.4, 0.5) is 4.79 Å². The molecule has 0 unspecified atom stereocenters. The molecule has 1 aromatic rings. The van der Waals surface area contributed by atoms with E-state index in [-0.39, 0.29) is 0 Å². The predicted octanol–water partition coefficient (Wildman–Crippen LogP) is 1.06. The average Bonchev–Trinajstić information content (AvgIpc) is 2.39. The smallest absolute Gasteiger partial charge is 0.407 e. The molecule has 0 aromatic heterocycles. The molecule has 0 radical (unpaired) electrons. The number of ether oxygens (including phenoxy) is 1. The first-order valence-corrected chi connectivity index (χ1v) is 6.08. The van der Waals surface area contributed by atoms with Gasteiger partial charge in [-0.2, -0.15) is 0 Å². The highest BCUT2D eigenvalue weighted by molar-refractivity contribution is 5.66. The Morgan fingerprint density at radius 2 is 2.06 bits per heavy atom. The zero-order valence-electron chi connectivity index (χ0n) is 10.6. The van der Waals surface area contributed by atoms with Crippen molar-refractivity contribution in [2.45, 2.75) is 13.0 Å². The first-order valence-electron chi connectivity index (χ1n) is 6.08. The molecule has 0 aliphatic heterocycles. The molecule has 0 spiro atoms. The number of hydrogen-bond donors (Lipinski definition) is 3. The van der Waals surface area contributed by atoms with Crippen molar-refractivity contribution >= 4 is 6.09 Å². The Bertz CT molecular complexity index is 343. The van der Waals surface area contributed by atoms with E-state index in [1.54, 1.807) is 6.92 Å². The highest BCUT2D eigenvalue weighted by Gasteiger charge is 2.05. The van der Waals surface area contributed by atoms with Crippen molar-refractivity contribution in [3.63, 3.8) is 0 Å². The van der Waals surface area contributed by atoms with Crippen LogP contribution in [0.2, 0.25) is 0 Å². The molecule has 0 saturated carbocycles. The lowest BCUT2D eigenvalue weighted by Crippen LogP contribution is -2.33. The number of aliphatic hydroxyl groups is 1. The van der Waals surface area contributed by atoms with Crippen LogP contribution in [0.5, 0.6) is 0 Å². The average molecular weight is 252 g/mol. The Labute approximate surface area is 107 Å². The molecule has 0 bridgehead atoms. The van der Waals surface area contributed by atoms with Gasteiger partial charge in [0.2, 0.25) is 0 Å². The fourth-order valence-corrected chi connectivity index (χ4v) is 1.47. The summed E-state index contributed by atoms with van der Waals surface area (Å²) in [4.78, 5) is 11.0. The minimum atomic E-state index is -0.534. The van der Waals surface area contributed by atoms with Gasteiger partial charge in [0, 0.05) is 19.6 Å². The van der Waals surface area contributed by atoms with E-state index in [4.69, 9.17) is 4.74 Å². The van der Waals surface area contributed by atoms with E-state index in [9.17, 15) is 9.90 Å². The summed E-state index contributed by atoms with van der Waals surface area (Å²) in [5, 5.41) is 15.5. The van der Waals surface area contributed by atoms with Gasteiger partial charge in [-0.3, -0.25) is 0 Å². The second-order valence-corrected chi connectivity index (χ2v) is 3.78. The van der Waals surface area contributed by atoms with E-state index < -0.39 is 12.2 Å². The zero-order valence-corrected chi connectivity index (χ0v) is 10.6. The normalized spacial score (nSPS) is 11.9. The molecule has 3 N–H and O–H groups in total. The third-order valence-electron chi connectivity index (χ3n) is 2.37. The van der Waals surface area contributed by atoms with Crippen molar-refractivity contribution in [3.8, 4) is 0 Å². The maximum atomic E-state index is 11.0. The van der Waals surface area contributed by atoms with Crippen LogP contribution in [-0.4, -0.2) is 37.4 Å². The predicted molar refractivity (Wildman–Crippen MR) is 69.3 cm³/mol. The first-order chi connectivity index (χ1) is 8.74. The Hall–Kier alpha value is -1.59. The molecule has 1 atom stereocenters. The summed E-state index contributed by atoms with van der Waals surface area (Å²) in [5.74, 6) is 0. The van der Waals surface area contributed by atoms with Gasteiger partial charge in [0.05, 0.1) is 12.7 Å². The van der Waals surface area contributed by atoms with Crippen molar-refractivity contribution in [2.75, 3.05) is 26.2 Å². The lowest BCUT2D eigenvalue weighted by Gasteiger charge is -2.12. The maximum absolute atomic E-state index is 11.0. The van der Waals surface area contributed by atoms with E-state index in [1.807, 2.05) is 30.3 Å². The van der Waals surface area contributed by atoms with E-state index in [1.165, 1.54) is 0 Å². The monoisotopic (exact) mass is 252 g/mol. The molecule has 0 aliphatic rings. The molecular weight excluding hydrogens is 232 g/mol. The number of benzene rings is 1. The summed E-state index contributed by atoms with van der Waals surface area (Å²) in [5.41, 5.74) is 0.878. The van der Waals surface area contributed by atoms with Crippen molar-refractivity contribution in [1.82, 2.24) is 10.6 Å². The van der Waals surface area contributed by atoms with E-state index >= 15 is 0 Å². The zero-order chi connectivity index (χ0) is 13.2. The van der Waals surface area contributed by atoms with Gasteiger partial charge in [-0.25, -0.2) is 4.79 Å². The van der Waals surface area contributed by atoms with Crippen molar-refractivity contribution in [3.05, 3.63) is 35.9 Å². The summed E-state index contributed by atoms with van der Waals surface area (Å²) in [6.07, 6.45) is -0.947. The largest absolute Gasteiger partial charge is 0.450 e. The van der Waals surface area contributed by atoms with Crippen LogP contribution in [0, 0.1) is 0 Å². The number of carbonyl (C=O) groups excluding carboxylic acids is 1. The molecule has 1 rings (SSSR count). The minimum absolute atomic E-state index is 0.367. The number of aliphatic hydroxyl groups excluding tert-OH is 1. The van der Waals surface area contributed by atoms with Gasteiger partial charge in [-0.1, -0.05) is 30.3 Å². The van der Waals surface area contributed by atoms with Crippen LogP contribution in [0.1, 0.15) is 18.6 Å². The maximum Gasteiger partial charge on any atom is 0.407 e. The second-order valence-electron chi connectivity index (χ2n) is 3.78. The quantitative estimate of drug-likeness (QED) is 0.634. The number of amides is 1. The van der Waals surface area contributed by atoms with E-state index in [0.29, 0.717) is 26.2 Å². The standard InChI is InChI=1S/C13H20N2O3/c1-2-18-13(17)15-9-8-14-10-12(16)11-6-4-3-5-7-11/h3-7,12,14,16H,2,8-10H2,1H3,(H,15,17)/t12-/m1/s1. The van der Waals surface area contributed by atoms with E-state index in [0.717, 1.165) is 5.56 Å². The summed E-state index contributed by atoms with van der Waals surface area (Å²) in [6, 6.07) is 9.45. The summed E-state index contributed by atoms with van der Waals surface area (Å²) in [7, 11) is 0. The topological polar surface area (TPSA) is 70.6 Å². The molecule has 5 heteroatoms. The molecule has 0 saturated heterocycles. The van der Waals surface area contributed by atoms with Crippen LogP contribution in [0.3, 0.4) is 0 Å². The van der Waals surface area contributed by atoms with Gasteiger partial charge in [0.25, 0.3) is 0 Å². The molecule has 1 amide bonds. The summed E-state index contributed by atoms with van der Waals surface area (Å²) < 4.78 is 4.71.